The summed E-state index contributed by atoms with van der Waals surface area (Å²) in [6.45, 7) is 4.71. The minimum Gasteiger partial charge on any atom is -0.391 e. The summed E-state index contributed by atoms with van der Waals surface area (Å²) in [5, 5.41) is 17.9. The molecule has 0 radical (unpaired) electrons. The molecule has 0 bridgehead atoms. The lowest BCUT2D eigenvalue weighted by atomic mass is 9.85. The number of piperazine rings is 1. The van der Waals surface area contributed by atoms with Crippen molar-refractivity contribution in [1.82, 2.24) is 20.0 Å². The number of rotatable bonds is 5. The Kier molecular flexibility index (Phi) is 6.71. The zero-order valence-corrected chi connectivity index (χ0v) is 16.5. The van der Waals surface area contributed by atoms with Gasteiger partial charge in [-0.05, 0) is 25.7 Å². The predicted molar refractivity (Wildman–Crippen MR) is 106 cm³/mol. The molecule has 1 aromatic heterocycles. The molecule has 1 amide bonds. The number of hydrogen-bond acceptors (Lipinski definition) is 4. The van der Waals surface area contributed by atoms with Crippen LogP contribution in [0.3, 0.4) is 0 Å². The summed E-state index contributed by atoms with van der Waals surface area (Å²) >= 11 is 0. The van der Waals surface area contributed by atoms with Crippen LogP contribution in [0.5, 0.6) is 0 Å². The van der Waals surface area contributed by atoms with Crippen molar-refractivity contribution >= 4 is 17.6 Å². The lowest BCUT2D eigenvalue weighted by molar-refractivity contribution is -0.120. The summed E-state index contributed by atoms with van der Waals surface area (Å²) in [5.41, 5.74) is 0.830. The maximum atomic E-state index is 12.6. The van der Waals surface area contributed by atoms with E-state index in [9.17, 15) is 9.90 Å². The normalized spacial score (nSPS) is 20.9. The fraction of sp³-hybridized carbons (Fsp3) is 0.737. The first-order chi connectivity index (χ1) is 13.1. The van der Waals surface area contributed by atoms with Crippen molar-refractivity contribution in [2.24, 2.45) is 18.0 Å². The molecule has 1 aromatic rings. The van der Waals surface area contributed by atoms with E-state index in [1.807, 2.05) is 25.1 Å². The van der Waals surface area contributed by atoms with Crippen LogP contribution in [0.25, 0.3) is 0 Å². The topological polar surface area (TPSA) is 86.0 Å². The van der Waals surface area contributed by atoms with Gasteiger partial charge < -0.3 is 20.2 Å². The molecule has 0 aromatic carbocycles. The number of hydrogen-bond donors (Lipinski definition) is 2. The Morgan fingerprint density at radius 1 is 1.37 bits per heavy atom. The number of anilines is 1. The first-order valence-corrected chi connectivity index (χ1v) is 10.1. The number of nitrogens with one attached hydrogen (secondary N) is 1. The highest BCUT2D eigenvalue weighted by atomic mass is 16.3. The van der Waals surface area contributed by atoms with Crippen LogP contribution in [-0.4, -0.2) is 70.5 Å². The molecule has 2 aliphatic rings. The summed E-state index contributed by atoms with van der Waals surface area (Å²) in [6, 6.07) is 0. The monoisotopic (exact) mass is 376 g/mol. The number of nitrogens with zero attached hydrogens (tertiary/aromatic N) is 5. The van der Waals surface area contributed by atoms with E-state index in [2.05, 4.69) is 15.4 Å². The third kappa shape index (κ3) is 5.00. The van der Waals surface area contributed by atoms with Crippen LogP contribution in [0.1, 0.15) is 39.0 Å². The number of aliphatic hydroxyl groups is 1. The molecule has 27 heavy (non-hydrogen) atoms. The molecule has 150 valence electrons. The molecule has 8 heteroatoms. The number of aliphatic hydroxyl groups excluding tert-OH is 1. The van der Waals surface area contributed by atoms with Crippen LogP contribution >= 0.6 is 0 Å². The molecule has 1 atom stereocenters. The zero-order valence-electron chi connectivity index (χ0n) is 16.5. The molecule has 2 fully saturated rings. The second-order valence-corrected chi connectivity index (χ2v) is 7.50. The van der Waals surface area contributed by atoms with Crippen LogP contribution in [0.2, 0.25) is 0 Å². The van der Waals surface area contributed by atoms with Crippen molar-refractivity contribution in [2.75, 3.05) is 37.6 Å². The fourth-order valence-electron chi connectivity index (χ4n) is 3.95. The Bertz CT molecular complexity index is 652. The average molecular weight is 377 g/mol. The minimum absolute atomic E-state index is 0.0349. The van der Waals surface area contributed by atoms with Gasteiger partial charge in [0.25, 0.3) is 0 Å². The standard InChI is InChI=1S/C19H32N6O2/c1-3-20-19(21-12-17(26)15-7-5-4-6-8-15)24-9-10-25(18(27)14-24)16-11-22-23(2)13-16/h11,13,15,17,26H,3-10,12,14H2,1-2H3,(H,20,21). The third-order valence-corrected chi connectivity index (χ3v) is 5.48. The van der Waals surface area contributed by atoms with Gasteiger partial charge in [-0.15, -0.1) is 0 Å². The largest absolute Gasteiger partial charge is 0.391 e. The van der Waals surface area contributed by atoms with E-state index in [0.29, 0.717) is 31.5 Å². The van der Waals surface area contributed by atoms with E-state index >= 15 is 0 Å². The van der Waals surface area contributed by atoms with Gasteiger partial charge in [0, 0.05) is 32.9 Å². The van der Waals surface area contributed by atoms with Gasteiger partial charge in [-0.1, -0.05) is 19.3 Å². The summed E-state index contributed by atoms with van der Waals surface area (Å²) < 4.78 is 1.70. The van der Waals surface area contributed by atoms with Crippen molar-refractivity contribution < 1.29 is 9.90 Å². The Labute approximate surface area is 161 Å². The second kappa shape index (κ2) is 9.21. The van der Waals surface area contributed by atoms with E-state index in [1.165, 1.54) is 19.3 Å². The second-order valence-electron chi connectivity index (χ2n) is 7.50. The number of amides is 1. The lowest BCUT2D eigenvalue weighted by Crippen LogP contribution is -2.55. The fourth-order valence-corrected chi connectivity index (χ4v) is 3.95. The quantitative estimate of drug-likeness (QED) is 0.591. The Hall–Kier alpha value is -2.09. The molecule has 1 unspecified atom stereocenters. The maximum absolute atomic E-state index is 12.6. The van der Waals surface area contributed by atoms with E-state index < -0.39 is 6.10 Å². The van der Waals surface area contributed by atoms with Crippen molar-refractivity contribution in [3.63, 3.8) is 0 Å². The molecular weight excluding hydrogens is 344 g/mol. The maximum Gasteiger partial charge on any atom is 0.246 e. The molecule has 2 N–H and O–H groups in total. The number of aliphatic imine (C=N–C) groups is 1. The van der Waals surface area contributed by atoms with Gasteiger partial charge in [-0.2, -0.15) is 5.10 Å². The number of carbonyl (C=O) groups is 1. The van der Waals surface area contributed by atoms with Gasteiger partial charge in [-0.25, -0.2) is 0 Å². The highest BCUT2D eigenvalue weighted by Crippen LogP contribution is 2.26. The van der Waals surface area contributed by atoms with E-state index in [0.717, 1.165) is 25.1 Å². The average Bonchev–Trinajstić information content (AvgIpc) is 3.11. The summed E-state index contributed by atoms with van der Waals surface area (Å²) in [4.78, 5) is 21.0. The molecule has 1 aliphatic carbocycles. The first-order valence-electron chi connectivity index (χ1n) is 10.1. The van der Waals surface area contributed by atoms with Crippen LogP contribution in [0.15, 0.2) is 17.4 Å². The molecule has 8 nitrogen and oxygen atoms in total. The highest BCUT2D eigenvalue weighted by molar-refractivity contribution is 5.98. The number of aromatic nitrogens is 2. The van der Waals surface area contributed by atoms with Gasteiger partial charge in [0.15, 0.2) is 5.96 Å². The van der Waals surface area contributed by atoms with Crippen LogP contribution in [-0.2, 0) is 11.8 Å². The summed E-state index contributed by atoms with van der Waals surface area (Å²) in [5.74, 6) is 1.11. The summed E-state index contributed by atoms with van der Waals surface area (Å²) in [6.07, 6.45) is 9.04. The van der Waals surface area contributed by atoms with Crippen molar-refractivity contribution in [3.8, 4) is 0 Å². The molecule has 3 rings (SSSR count). The smallest absolute Gasteiger partial charge is 0.246 e. The van der Waals surface area contributed by atoms with E-state index in [1.54, 1.807) is 15.8 Å². The third-order valence-electron chi connectivity index (χ3n) is 5.48. The molecule has 1 saturated carbocycles. The Morgan fingerprint density at radius 2 is 2.15 bits per heavy atom. The molecular formula is C19H32N6O2. The number of carbonyl (C=O) groups excluding carboxylic acids is 1. The van der Waals surface area contributed by atoms with E-state index in [4.69, 9.17) is 0 Å². The van der Waals surface area contributed by atoms with Crippen LogP contribution in [0, 0.1) is 5.92 Å². The molecule has 0 spiro atoms. The van der Waals surface area contributed by atoms with E-state index in [-0.39, 0.29) is 12.5 Å². The first kappa shape index (κ1) is 19.7. The van der Waals surface area contributed by atoms with Gasteiger partial charge in [0.1, 0.15) is 6.54 Å². The van der Waals surface area contributed by atoms with Gasteiger partial charge >= 0.3 is 0 Å². The predicted octanol–water partition coefficient (Wildman–Crippen LogP) is 0.975. The van der Waals surface area contributed by atoms with Crippen molar-refractivity contribution in [3.05, 3.63) is 12.4 Å². The van der Waals surface area contributed by atoms with Crippen molar-refractivity contribution in [2.45, 2.75) is 45.1 Å². The van der Waals surface area contributed by atoms with Crippen molar-refractivity contribution in [1.29, 1.82) is 0 Å². The van der Waals surface area contributed by atoms with Crippen LogP contribution in [0.4, 0.5) is 5.69 Å². The molecule has 2 heterocycles. The molecule has 1 aliphatic heterocycles. The van der Waals surface area contributed by atoms with Crippen LogP contribution < -0.4 is 10.2 Å². The number of aryl methyl sites for hydroxylation is 1. The number of guanidine groups is 1. The molecule has 1 saturated heterocycles. The highest BCUT2D eigenvalue weighted by Gasteiger charge is 2.28. The summed E-state index contributed by atoms with van der Waals surface area (Å²) in [7, 11) is 1.85. The SMILES string of the molecule is CCNC(=NCC(O)C1CCCCC1)N1CCN(c2cnn(C)c2)C(=O)C1. The Balaban J connectivity index is 1.60. The zero-order chi connectivity index (χ0) is 19.2. The van der Waals surface area contributed by atoms with Gasteiger partial charge in [0.05, 0.1) is 24.5 Å². The Morgan fingerprint density at radius 3 is 2.78 bits per heavy atom. The minimum atomic E-state index is -0.397. The van der Waals surface area contributed by atoms with Gasteiger partial charge in [-0.3, -0.25) is 14.5 Å². The lowest BCUT2D eigenvalue weighted by Gasteiger charge is -2.35. The van der Waals surface area contributed by atoms with Gasteiger partial charge in [0.2, 0.25) is 5.91 Å².